The van der Waals surface area contributed by atoms with Crippen molar-refractivity contribution in [1.29, 1.82) is 0 Å². The van der Waals surface area contributed by atoms with E-state index < -0.39 is 11.9 Å². The minimum absolute atomic E-state index is 0.116. The molecule has 0 saturated heterocycles. The van der Waals surface area contributed by atoms with Gasteiger partial charge in [0, 0.05) is 60.9 Å². The van der Waals surface area contributed by atoms with Gasteiger partial charge < -0.3 is 57.2 Å². The van der Waals surface area contributed by atoms with Crippen molar-refractivity contribution in [2.45, 2.75) is 85.7 Å². The van der Waals surface area contributed by atoms with Crippen LogP contribution < -0.4 is 33.2 Å². The van der Waals surface area contributed by atoms with Gasteiger partial charge in [0.1, 0.15) is 75.2 Å². The van der Waals surface area contributed by atoms with Gasteiger partial charge in [-0.15, -0.1) is 0 Å². The minimum Gasteiger partial charge on any atom is -0.506 e. The van der Waals surface area contributed by atoms with Crippen LogP contribution in [0.4, 0.5) is 0 Å². The van der Waals surface area contributed by atoms with Gasteiger partial charge in [0.25, 0.3) is 0 Å². The van der Waals surface area contributed by atoms with Crippen LogP contribution in [-0.4, -0.2) is 64.8 Å². The van der Waals surface area contributed by atoms with E-state index in [0.717, 1.165) is 101 Å². The number of esters is 1. The molecule has 0 fully saturated rings. The van der Waals surface area contributed by atoms with Gasteiger partial charge in [-0.25, -0.2) is 9.59 Å². The molecular weight excluding hydrogens is 1060 g/mol. The van der Waals surface area contributed by atoms with Gasteiger partial charge in [-0.1, -0.05) is 107 Å². The van der Waals surface area contributed by atoms with Gasteiger partial charge in [-0.05, 0) is 127 Å². The van der Waals surface area contributed by atoms with E-state index in [4.69, 9.17) is 37.9 Å². The van der Waals surface area contributed by atoms with Gasteiger partial charge >= 0.3 is 11.9 Å². The molecule has 0 radical (unpaired) electrons. The van der Waals surface area contributed by atoms with Crippen LogP contribution in [0.5, 0.6) is 57.5 Å². The quantitative estimate of drug-likeness (QED) is 0.0338. The first-order valence-electron chi connectivity index (χ1n) is 28.7. The average molecular weight is 1140 g/mol. The van der Waals surface area contributed by atoms with Crippen molar-refractivity contribution >= 4 is 11.9 Å². The molecule has 9 rings (SSSR count). The number of para-hydroxylation sites is 2. The third kappa shape index (κ3) is 16.1. The lowest BCUT2D eigenvalue weighted by Crippen LogP contribution is -2.09. The Morgan fingerprint density at radius 1 is 0.440 bits per heavy atom. The fourth-order valence-electron chi connectivity index (χ4n) is 9.46. The van der Waals surface area contributed by atoms with Crippen LogP contribution in [0.1, 0.15) is 102 Å². The number of carboxylic acid groups (broad SMARTS) is 1. The molecule has 0 unspecified atom stereocenters. The van der Waals surface area contributed by atoms with Crippen LogP contribution in [0.2, 0.25) is 0 Å². The summed E-state index contributed by atoms with van der Waals surface area (Å²) in [5.74, 6) is 4.37. The fraction of sp³-hybridized carbons (Fsp3) is 0.257. The van der Waals surface area contributed by atoms with Crippen LogP contribution >= 0.6 is 0 Å². The lowest BCUT2D eigenvalue weighted by molar-refractivity contribution is 0.0596. The zero-order valence-electron chi connectivity index (χ0n) is 48.5. The molecule has 2 heterocycles. The molecule has 0 aliphatic heterocycles. The number of aromatic nitrogens is 2. The summed E-state index contributed by atoms with van der Waals surface area (Å²) in [6, 6.07) is 50.7. The van der Waals surface area contributed by atoms with E-state index >= 15 is 0 Å². The smallest absolute Gasteiger partial charge is 0.341 e. The highest BCUT2D eigenvalue weighted by molar-refractivity contribution is 5.92. The highest BCUT2D eigenvalue weighted by Gasteiger charge is 2.20. The standard InChI is InChI=1S/C38H39NO6.C32H35NO6/c1-3-14-30-33(19-12-20-34(30)45-35-18-9-8-17-31(35)38(40)41)42-23-13-24-43-36-26-37(44-27-28-15-6-5-7-16-28)32(25-29(36)4-2)39-21-10-11-22-39;1-4-12-24-28(15-10-16-29(24)39-30-14-7-6-13-25(30)32(35)36-3)37-19-11-20-38-31-22-27(34)26(21-23(31)5-2)33-17-8-9-18-33/h5-12,15-22,25-26H,3-4,13-14,23-24,27H2,1-2H3,(H,40,41);6-10,13-18,21-22,34H,4-5,11-12,19-20H2,1-3H3. The molecule has 14 heteroatoms. The van der Waals surface area contributed by atoms with E-state index in [-0.39, 0.29) is 11.3 Å². The molecule has 84 heavy (non-hydrogen) atoms. The first kappa shape index (κ1) is 60.5. The van der Waals surface area contributed by atoms with Crippen LogP contribution in [-0.2, 0) is 37.0 Å². The SMILES string of the molecule is CCCc1c(OCCCOc2cc(O)c(-n3cccc3)cc2CC)cccc1Oc1ccccc1C(=O)OC.CCCc1c(OCCCOc2cc(OCc3ccccc3)c(-n3cccc3)cc2CC)cccc1Oc1ccccc1C(=O)O. The number of aromatic hydroxyl groups is 1. The van der Waals surface area contributed by atoms with E-state index in [9.17, 15) is 19.8 Å². The van der Waals surface area contributed by atoms with Crippen LogP contribution in [0, 0.1) is 0 Å². The summed E-state index contributed by atoms with van der Waals surface area (Å²) >= 11 is 0. The lowest BCUT2D eigenvalue weighted by Gasteiger charge is -2.18. The molecule has 0 aliphatic carbocycles. The molecule has 0 saturated carbocycles. The summed E-state index contributed by atoms with van der Waals surface area (Å²) in [5, 5.41) is 20.1. The number of hydrogen-bond acceptors (Lipinski definition) is 11. The Morgan fingerprint density at radius 3 is 1.39 bits per heavy atom. The molecule has 7 aromatic carbocycles. The van der Waals surface area contributed by atoms with Gasteiger partial charge in [0.05, 0.1) is 44.9 Å². The summed E-state index contributed by atoms with van der Waals surface area (Å²) in [4.78, 5) is 23.9. The maximum atomic E-state index is 12.2. The van der Waals surface area contributed by atoms with Crippen molar-refractivity contribution in [2.75, 3.05) is 33.5 Å². The molecule has 0 aliphatic rings. The molecule has 436 valence electrons. The van der Waals surface area contributed by atoms with Crippen molar-refractivity contribution in [3.8, 4) is 68.9 Å². The van der Waals surface area contributed by atoms with E-state index in [0.29, 0.717) is 80.2 Å². The van der Waals surface area contributed by atoms with Crippen molar-refractivity contribution in [1.82, 2.24) is 9.13 Å². The minimum atomic E-state index is -1.03. The number of phenols is 1. The molecule has 2 N–H and O–H groups in total. The fourth-order valence-corrected chi connectivity index (χ4v) is 9.46. The van der Waals surface area contributed by atoms with Crippen molar-refractivity contribution in [2.24, 2.45) is 0 Å². The molecule has 14 nitrogen and oxygen atoms in total. The van der Waals surface area contributed by atoms with Crippen LogP contribution in [0.25, 0.3) is 11.4 Å². The normalized spacial score (nSPS) is 10.8. The zero-order chi connectivity index (χ0) is 59.0. The third-order valence-corrected chi connectivity index (χ3v) is 13.7. The van der Waals surface area contributed by atoms with Crippen molar-refractivity contribution in [3.05, 3.63) is 228 Å². The number of carboxylic acids is 1. The predicted molar refractivity (Wildman–Crippen MR) is 326 cm³/mol. The summed E-state index contributed by atoms with van der Waals surface area (Å²) < 4.78 is 52.1. The lowest BCUT2D eigenvalue weighted by atomic mass is 10.1. The molecule has 2 aromatic heterocycles. The molecule has 0 spiro atoms. The summed E-state index contributed by atoms with van der Waals surface area (Å²) in [6.07, 6.45) is 14.0. The van der Waals surface area contributed by atoms with E-state index in [1.165, 1.54) is 13.2 Å². The van der Waals surface area contributed by atoms with Gasteiger partial charge in [-0.2, -0.15) is 0 Å². The number of aryl methyl sites for hydroxylation is 2. The van der Waals surface area contributed by atoms with Crippen molar-refractivity contribution < 1.29 is 57.7 Å². The monoisotopic (exact) mass is 1130 g/mol. The number of aromatic carboxylic acids is 1. The van der Waals surface area contributed by atoms with Gasteiger partial charge in [0.2, 0.25) is 0 Å². The number of phenolic OH excluding ortho intramolecular Hbond substituents is 1. The number of rotatable bonds is 29. The molecule has 0 amide bonds. The summed E-state index contributed by atoms with van der Waals surface area (Å²) in [7, 11) is 1.35. The Balaban J connectivity index is 0.000000221. The Hall–Kier alpha value is -9.56. The topological polar surface area (TPSA) is 158 Å². The van der Waals surface area contributed by atoms with Crippen LogP contribution in [0.15, 0.2) is 189 Å². The second-order valence-corrected chi connectivity index (χ2v) is 19.6. The third-order valence-electron chi connectivity index (χ3n) is 13.7. The number of carbonyl (C=O) groups excluding carboxylic acids is 1. The Morgan fingerprint density at radius 2 is 0.881 bits per heavy atom. The highest BCUT2D eigenvalue weighted by Crippen LogP contribution is 2.38. The van der Waals surface area contributed by atoms with Gasteiger partial charge in [-0.3, -0.25) is 0 Å². The Bertz CT molecular complexity index is 3520. The second-order valence-electron chi connectivity index (χ2n) is 19.6. The van der Waals surface area contributed by atoms with Gasteiger partial charge in [0.15, 0.2) is 0 Å². The van der Waals surface area contributed by atoms with Crippen molar-refractivity contribution in [3.63, 3.8) is 0 Å². The number of nitrogens with zero attached hydrogens (tertiary/aromatic N) is 2. The number of ether oxygens (including phenoxy) is 8. The maximum Gasteiger partial charge on any atom is 0.341 e. The second kappa shape index (κ2) is 31.0. The molecule has 0 bridgehead atoms. The van der Waals surface area contributed by atoms with Crippen LogP contribution in [0.3, 0.4) is 0 Å². The number of hydrogen-bond donors (Lipinski definition) is 2. The average Bonchev–Trinajstić information content (AvgIpc) is 4.18. The molecule has 0 atom stereocenters. The zero-order valence-corrected chi connectivity index (χ0v) is 48.5. The first-order valence-corrected chi connectivity index (χ1v) is 28.7. The Labute approximate surface area is 492 Å². The summed E-state index contributed by atoms with van der Waals surface area (Å²) in [6.45, 7) is 10.6. The number of methoxy groups -OCH3 is 1. The molecule has 9 aromatic rings. The predicted octanol–water partition coefficient (Wildman–Crippen LogP) is 16.0. The number of carbonyl (C=O) groups is 2. The molecular formula is C70H74N2O12. The largest absolute Gasteiger partial charge is 0.506 e. The summed E-state index contributed by atoms with van der Waals surface area (Å²) in [5.41, 5.74) is 7.26. The number of benzene rings is 7. The Kier molecular flexibility index (Phi) is 22.4. The maximum absolute atomic E-state index is 12.2. The van der Waals surface area contributed by atoms with E-state index in [1.807, 2.05) is 126 Å². The first-order chi connectivity index (χ1) is 41.1. The van der Waals surface area contributed by atoms with E-state index in [2.05, 4.69) is 50.5 Å². The van der Waals surface area contributed by atoms with E-state index in [1.54, 1.807) is 42.5 Å². The highest BCUT2D eigenvalue weighted by atomic mass is 16.5.